The van der Waals surface area contributed by atoms with Crippen LogP contribution in [0.15, 0.2) is 42.6 Å². The van der Waals surface area contributed by atoms with Crippen LogP contribution in [-0.2, 0) is 9.47 Å². The van der Waals surface area contributed by atoms with Gasteiger partial charge in [-0.25, -0.2) is 4.79 Å². The lowest BCUT2D eigenvalue weighted by Crippen LogP contribution is -2.51. The van der Waals surface area contributed by atoms with Crippen molar-refractivity contribution in [3.05, 3.63) is 53.9 Å². The van der Waals surface area contributed by atoms with E-state index in [2.05, 4.69) is 40.5 Å². The average molecular weight is 440 g/mol. The van der Waals surface area contributed by atoms with Gasteiger partial charge in [0.2, 0.25) is 0 Å². The van der Waals surface area contributed by atoms with Crippen molar-refractivity contribution in [2.75, 3.05) is 13.2 Å². The molecule has 1 aromatic carbocycles. The van der Waals surface area contributed by atoms with E-state index in [1.807, 2.05) is 31.0 Å². The molecule has 6 nitrogen and oxygen atoms in total. The first-order valence-electron chi connectivity index (χ1n) is 12.3. The van der Waals surface area contributed by atoms with E-state index < -0.39 is 0 Å². The van der Waals surface area contributed by atoms with Crippen molar-refractivity contribution in [2.45, 2.75) is 88.9 Å². The van der Waals surface area contributed by atoms with Crippen molar-refractivity contribution in [3.63, 3.8) is 0 Å². The van der Waals surface area contributed by atoms with Crippen LogP contribution < -0.4 is 0 Å². The predicted molar refractivity (Wildman–Crippen MR) is 125 cm³/mol. The molecule has 32 heavy (non-hydrogen) atoms. The van der Waals surface area contributed by atoms with E-state index in [9.17, 15) is 4.79 Å². The van der Waals surface area contributed by atoms with Crippen LogP contribution in [-0.4, -0.2) is 52.6 Å². The number of carbonyl (C=O) groups is 1. The van der Waals surface area contributed by atoms with Crippen LogP contribution in [0.25, 0.3) is 0 Å². The smallest absolute Gasteiger partial charge is 0.410 e. The summed E-state index contributed by atoms with van der Waals surface area (Å²) >= 11 is 0. The Morgan fingerprint density at radius 3 is 2.62 bits per heavy atom. The number of hydrogen-bond acceptors (Lipinski definition) is 4. The SMILES string of the molecule is CC[C@@H](C)OC(=O)N1CCC[C@H](c2cc[nH]n2)[C@@H]1CO[C@H]1CC[C@@H](c2ccccc2)CC1. The molecule has 3 atom stereocenters. The Balaban J connectivity index is 1.39. The lowest BCUT2D eigenvalue weighted by atomic mass is 9.82. The van der Waals surface area contributed by atoms with Crippen molar-refractivity contribution >= 4 is 6.09 Å². The summed E-state index contributed by atoms with van der Waals surface area (Å²) in [6, 6.07) is 12.8. The number of hydrogen-bond donors (Lipinski definition) is 1. The fourth-order valence-corrected chi connectivity index (χ4v) is 5.16. The molecule has 0 radical (unpaired) electrons. The van der Waals surface area contributed by atoms with E-state index >= 15 is 0 Å². The quantitative estimate of drug-likeness (QED) is 0.607. The zero-order valence-corrected chi connectivity index (χ0v) is 19.4. The van der Waals surface area contributed by atoms with Gasteiger partial charge in [0.1, 0.15) is 6.10 Å². The van der Waals surface area contributed by atoms with Crippen LogP contribution >= 0.6 is 0 Å². The second-order valence-electron chi connectivity index (χ2n) is 9.33. The first kappa shape index (κ1) is 22.8. The Morgan fingerprint density at radius 2 is 1.94 bits per heavy atom. The molecule has 2 fully saturated rings. The zero-order valence-electron chi connectivity index (χ0n) is 19.4. The molecule has 1 saturated heterocycles. The predicted octanol–water partition coefficient (Wildman–Crippen LogP) is 5.64. The molecule has 4 rings (SSSR count). The third-order valence-electron chi connectivity index (χ3n) is 7.24. The van der Waals surface area contributed by atoms with Crippen LogP contribution in [0.1, 0.15) is 81.9 Å². The van der Waals surface area contributed by atoms with Crippen LogP contribution in [0.3, 0.4) is 0 Å². The summed E-state index contributed by atoms with van der Waals surface area (Å²) < 4.78 is 12.2. The van der Waals surface area contributed by atoms with Gasteiger partial charge in [-0.05, 0) is 69.4 Å². The Morgan fingerprint density at radius 1 is 1.16 bits per heavy atom. The fourth-order valence-electron chi connectivity index (χ4n) is 5.16. The molecular formula is C26H37N3O3. The molecule has 1 aliphatic heterocycles. The fraction of sp³-hybridized carbons (Fsp3) is 0.615. The minimum atomic E-state index is -0.221. The van der Waals surface area contributed by atoms with Gasteiger partial charge in [-0.1, -0.05) is 37.3 Å². The van der Waals surface area contributed by atoms with E-state index in [-0.39, 0.29) is 30.3 Å². The summed E-state index contributed by atoms with van der Waals surface area (Å²) in [5.74, 6) is 0.796. The van der Waals surface area contributed by atoms with Crippen molar-refractivity contribution in [3.8, 4) is 0 Å². The van der Waals surface area contributed by atoms with Crippen LogP contribution in [0.2, 0.25) is 0 Å². The number of ether oxygens (including phenoxy) is 2. The maximum Gasteiger partial charge on any atom is 0.410 e. The highest BCUT2D eigenvalue weighted by Gasteiger charge is 2.38. The standard InChI is InChI=1S/C26H37N3O3/c1-3-19(2)32-26(30)29-17-7-10-23(24-15-16-27-28-24)25(29)18-31-22-13-11-21(12-14-22)20-8-5-4-6-9-20/h4-6,8-9,15-16,19,21-23,25H,3,7,10-14,17-18H2,1-2H3,(H,27,28)/t19-,21-,22+,23-,25+/m1/s1. The molecule has 174 valence electrons. The van der Waals surface area contributed by atoms with Gasteiger partial charge >= 0.3 is 6.09 Å². The molecule has 2 aliphatic rings. The number of piperidine rings is 1. The van der Waals surface area contributed by atoms with Gasteiger partial charge in [0.05, 0.1) is 24.4 Å². The molecule has 1 saturated carbocycles. The van der Waals surface area contributed by atoms with Crippen molar-refractivity contribution in [1.82, 2.24) is 15.1 Å². The van der Waals surface area contributed by atoms with Crippen LogP contribution in [0.5, 0.6) is 0 Å². The third-order valence-corrected chi connectivity index (χ3v) is 7.24. The van der Waals surface area contributed by atoms with E-state index in [4.69, 9.17) is 9.47 Å². The number of carbonyl (C=O) groups excluding carboxylic acids is 1. The number of amides is 1. The van der Waals surface area contributed by atoms with Crippen molar-refractivity contribution in [2.24, 2.45) is 0 Å². The van der Waals surface area contributed by atoms with E-state index in [0.717, 1.165) is 50.6 Å². The Hall–Kier alpha value is -2.34. The van der Waals surface area contributed by atoms with Crippen LogP contribution in [0.4, 0.5) is 4.79 Å². The molecule has 6 heteroatoms. The Bertz CT molecular complexity index is 818. The molecule has 0 bridgehead atoms. The molecule has 1 N–H and O–H groups in total. The summed E-state index contributed by atoms with van der Waals surface area (Å²) in [5, 5.41) is 7.37. The molecule has 0 unspecified atom stereocenters. The monoisotopic (exact) mass is 439 g/mol. The molecule has 1 aliphatic carbocycles. The number of likely N-dealkylation sites (tertiary alicyclic amines) is 1. The second-order valence-corrected chi connectivity index (χ2v) is 9.33. The molecule has 1 amide bonds. The summed E-state index contributed by atoms with van der Waals surface area (Å²) in [6.07, 6.45) is 9.02. The summed E-state index contributed by atoms with van der Waals surface area (Å²) in [5.41, 5.74) is 2.45. The second kappa shape index (κ2) is 11.0. The number of aromatic amines is 1. The average Bonchev–Trinajstić information content (AvgIpc) is 3.38. The van der Waals surface area contributed by atoms with Gasteiger partial charge in [0.15, 0.2) is 0 Å². The third kappa shape index (κ3) is 5.52. The van der Waals surface area contributed by atoms with E-state index in [1.54, 1.807) is 0 Å². The molecule has 2 heterocycles. The molecule has 0 spiro atoms. The van der Waals surface area contributed by atoms with E-state index in [1.165, 1.54) is 5.56 Å². The summed E-state index contributed by atoms with van der Waals surface area (Å²) in [7, 11) is 0. The topological polar surface area (TPSA) is 67.5 Å². The van der Waals surface area contributed by atoms with Crippen LogP contribution in [0, 0.1) is 0 Å². The van der Waals surface area contributed by atoms with Crippen molar-refractivity contribution in [1.29, 1.82) is 0 Å². The number of nitrogens with one attached hydrogen (secondary N) is 1. The highest BCUT2D eigenvalue weighted by molar-refractivity contribution is 5.68. The highest BCUT2D eigenvalue weighted by atomic mass is 16.6. The van der Waals surface area contributed by atoms with Gasteiger partial charge < -0.3 is 14.4 Å². The highest BCUT2D eigenvalue weighted by Crippen LogP contribution is 2.36. The number of benzene rings is 1. The minimum absolute atomic E-state index is 0.0459. The summed E-state index contributed by atoms with van der Waals surface area (Å²) in [6.45, 7) is 5.23. The van der Waals surface area contributed by atoms with Crippen molar-refractivity contribution < 1.29 is 14.3 Å². The first-order chi connectivity index (χ1) is 15.7. The number of H-pyrrole nitrogens is 1. The minimum Gasteiger partial charge on any atom is -0.446 e. The number of aromatic nitrogens is 2. The number of nitrogens with zero attached hydrogens (tertiary/aromatic N) is 2. The largest absolute Gasteiger partial charge is 0.446 e. The first-order valence-corrected chi connectivity index (χ1v) is 12.3. The maximum absolute atomic E-state index is 13.0. The Labute approximate surface area is 191 Å². The lowest BCUT2D eigenvalue weighted by molar-refractivity contribution is -0.0303. The Kier molecular flexibility index (Phi) is 7.85. The zero-order chi connectivity index (χ0) is 22.3. The summed E-state index contributed by atoms with van der Waals surface area (Å²) in [4.78, 5) is 14.9. The van der Waals surface area contributed by atoms with E-state index in [0.29, 0.717) is 19.1 Å². The van der Waals surface area contributed by atoms with Gasteiger partial charge in [0, 0.05) is 18.7 Å². The normalized spacial score (nSPS) is 27.1. The molecule has 2 aromatic rings. The lowest BCUT2D eigenvalue weighted by Gasteiger charge is -2.41. The number of rotatable bonds is 7. The van der Waals surface area contributed by atoms with Gasteiger partial charge in [0.25, 0.3) is 0 Å². The van der Waals surface area contributed by atoms with Gasteiger partial charge in [-0.15, -0.1) is 0 Å². The maximum atomic E-state index is 13.0. The molecule has 1 aromatic heterocycles. The van der Waals surface area contributed by atoms with Gasteiger partial charge in [-0.3, -0.25) is 5.10 Å². The van der Waals surface area contributed by atoms with Gasteiger partial charge in [-0.2, -0.15) is 5.10 Å². The molecular weight excluding hydrogens is 402 g/mol.